The minimum atomic E-state index is 0.318. The molecule has 5 heteroatoms. The maximum Gasteiger partial charge on any atom is 0.0589 e. The quantitative estimate of drug-likeness (QED) is 0.683. The Kier molecular flexibility index (Phi) is 6.07. The lowest BCUT2D eigenvalue weighted by molar-refractivity contribution is 0.161. The van der Waals surface area contributed by atoms with E-state index in [0.29, 0.717) is 6.04 Å². The van der Waals surface area contributed by atoms with E-state index in [1.54, 1.807) is 13.3 Å². The standard InChI is InChI=1S/C11H22N4O/c1-10(11-4-5-13-14-11)12-6-7-15(2)8-9-16-3/h4-5,10,12H,6-9H2,1-3H3,(H,13,14). The highest BCUT2D eigenvalue weighted by molar-refractivity contribution is 5.02. The van der Waals surface area contributed by atoms with E-state index in [0.717, 1.165) is 31.9 Å². The zero-order chi connectivity index (χ0) is 11.8. The van der Waals surface area contributed by atoms with Gasteiger partial charge in [0.25, 0.3) is 0 Å². The topological polar surface area (TPSA) is 53.2 Å². The second-order valence-corrected chi connectivity index (χ2v) is 3.98. The fourth-order valence-corrected chi connectivity index (χ4v) is 1.45. The number of hydrogen-bond donors (Lipinski definition) is 2. The van der Waals surface area contributed by atoms with Gasteiger partial charge in [-0.15, -0.1) is 0 Å². The lowest BCUT2D eigenvalue weighted by Crippen LogP contribution is -2.32. The lowest BCUT2D eigenvalue weighted by atomic mass is 10.2. The van der Waals surface area contributed by atoms with Gasteiger partial charge in [0.15, 0.2) is 0 Å². The van der Waals surface area contributed by atoms with Gasteiger partial charge in [0.2, 0.25) is 0 Å². The Bertz CT molecular complexity index is 263. The number of rotatable bonds is 8. The van der Waals surface area contributed by atoms with Crippen molar-refractivity contribution in [2.24, 2.45) is 0 Å². The first-order valence-electron chi connectivity index (χ1n) is 5.64. The van der Waals surface area contributed by atoms with Crippen LogP contribution in [-0.2, 0) is 4.74 Å². The summed E-state index contributed by atoms with van der Waals surface area (Å²) in [5, 5.41) is 10.3. The van der Waals surface area contributed by atoms with E-state index in [1.165, 1.54) is 0 Å². The highest BCUT2D eigenvalue weighted by Gasteiger charge is 2.05. The van der Waals surface area contributed by atoms with Crippen molar-refractivity contribution in [2.75, 3.05) is 40.4 Å². The average molecular weight is 226 g/mol. The molecular weight excluding hydrogens is 204 g/mol. The third-order valence-corrected chi connectivity index (χ3v) is 2.61. The molecule has 92 valence electrons. The van der Waals surface area contributed by atoms with Crippen LogP contribution in [0.15, 0.2) is 12.3 Å². The molecule has 1 aromatic heterocycles. The summed E-state index contributed by atoms with van der Waals surface area (Å²) in [6, 6.07) is 2.31. The Morgan fingerprint density at radius 2 is 2.38 bits per heavy atom. The summed E-state index contributed by atoms with van der Waals surface area (Å²) in [6.07, 6.45) is 1.78. The SMILES string of the molecule is COCCN(C)CCNC(C)c1ccn[nH]1. The molecule has 0 saturated heterocycles. The van der Waals surface area contributed by atoms with Crippen LogP contribution in [0.3, 0.4) is 0 Å². The first kappa shape index (κ1) is 13.2. The molecule has 0 fully saturated rings. The van der Waals surface area contributed by atoms with Crippen molar-refractivity contribution in [3.05, 3.63) is 18.0 Å². The number of ether oxygens (including phenoxy) is 1. The summed E-state index contributed by atoms with van der Waals surface area (Å²) in [4.78, 5) is 2.25. The monoisotopic (exact) mass is 226 g/mol. The predicted octanol–water partition coefficient (Wildman–Crippen LogP) is 0.639. The molecule has 0 aliphatic carbocycles. The third-order valence-electron chi connectivity index (χ3n) is 2.61. The number of H-pyrrole nitrogens is 1. The molecular formula is C11H22N4O. The predicted molar refractivity (Wildman–Crippen MR) is 64.4 cm³/mol. The molecule has 1 unspecified atom stereocenters. The van der Waals surface area contributed by atoms with Crippen LogP contribution in [0, 0.1) is 0 Å². The summed E-state index contributed by atoms with van der Waals surface area (Å²) >= 11 is 0. The normalized spacial score (nSPS) is 13.2. The molecule has 1 aromatic rings. The molecule has 0 amide bonds. The lowest BCUT2D eigenvalue weighted by Gasteiger charge is -2.18. The van der Waals surface area contributed by atoms with Gasteiger partial charge in [-0.1, -0.05) is 0 Å². The molecule has 0 saturated carbocycles. The Labute approximate surface area is 97.2 Å². The fourth-order valence-electron chi connectivity index (χ4n) is 1.45. The molecule has 5 nitrogen and oxygen atoms in total. The van der Waals surface area contributed by atoms with Gasteiger partial charge in [0.05, 0.1) is 12.3 Å². The van der Waals surface area contributed by atoms with Gasteiger partial charge in [-0.25, -0.2) is 0 Å². The van der Waals surface area contributed by atoms with Crippen molar-refractivity contribution in [3.8, 4) is 0 Å². The van der Waals surface area contributed by atoms with Crippen LogP contribution >= 0.6 is 0 Å². The van der Waals surface area contributed by atoms with Gasteiger partial charge in [-0.05, 0) is 20.0 Å². The maximum atomic E-state index is 5.02. The molecule has 0 aromatic carbocycles. The van der Waals surface area contributed by atoms with Crippen LogP contribution in [0.4, 0.5) is 0 Å². The molecule has 1 heterocycles. The largest absolute Gasteiger partial charge is 0.383 e. The summed E-state index contributed by atoms with van der Waals surface area (Å²) in [5.74, 6) is 0. The number of nitrogens with one attached hydrogen (secondary N) is 2. The number of nitrogens with zero attached hydrogens (tertiary/aromatic N) is 2. The molecule has 0 aliphatic heterocycles. The Balaban J connectivity index is 2.11. The van der Waals surface area contributed by atoms with Gasteiger partial charge < -0.3 is 15.0 Å². The average Bonchev–Trinajstić information content (AvgIpc) is 2.79. The van der Waals surface area contributed by atoms with Gasteiger partial charge >= 0.3 is 0 Å². The van der Waals surface area contributed by atoms with Crippen LogP contribution in [0.25, 0.3) is 0 Å². The van der Waals surface area contributed by atoms with Gasteiger partial charge in [0.1, 0.15) is 0 Å². The van der Waals surface area contributed by atoms with Crippen LogP contribution in [-0.4, -0.2) is 55.5 Å². The first-order chi connectivity index (χ1) is 7.74. The Morgan fingerprint density at radius 1 is 1.56 bits per heavy atom. The van der Waals surface area contributed by atoms with Crippen molar-refractivity contribution < 1.29 is 4.74 Å². The van der Waals surface area contributed by atoms with Crippen molar-refractivity contribution in [1.82, 2.24) is 20.4 Å². The second-order valence-electron chi connectivity index (χ2n) is 3.98. The van der Waals surface area contributed by atoms with Crippen LogP contribution in [0.2, 0.25) is 0 Å². The molecule has 0 radical (unpaired) electrons. The number of aromatic amines is 1. The first-order valence-corrected chi connectivity index (χ1v) is 5.64. The number of aromatic nitrogens is 2. The number of hydrogen-bond acceptors (Lipinski definition) is 4. The fraction of sp³-hybridized carbons (Fsp3) is 0.727. The van der Waals surface area contributed by atoms with E-state index in [4.69, 9.17) is 4.74 Å². The Morgan fingerprint density at radius 3 is 3.00 bits per heavy atom. The maximum absolute atomic E-state index is 5.02. The van der Waals surface area contributed by atoms with E-state index >= 15 is 0 Å². The van der Waals surface area contributed by atoms with Gasteiger partial charge in [-0.3, -0.25) is 5.10 Å². The summed E-state index contributed by atoms with van der Waals surface area (Å²) < 4.78 is 5.02. The highest BCUT2D eigenvalue weighted by atomic mass is 16.5. The summed E-state index contributed by atoms with van der Waals surface area (Å²) in [5.41, 5.74) is 1.12. The van der Waals surface area contributed by atoms with E-state index in [-0.39, 0.29) is 0 Å². The van der Waals surface area contributed by atoms with E-state index < -0.39 is 0 Å². The molecule has 2 N–H and O–H groups in total. The van der Waals surface area contributed by atoms with E-state index in [2.05, 4.69) is 34.4 Å². The minimum absolute atomic E-state index is 0.318. The van der Waals surface area contributed by atoms with E-state index in [9.17, 15) is 0 Å². The molecule has 0 spiro atoms. The van der Waals surface area contributed by atoms with Crippen molar-refractivity contribution in [2.45, 2.75) is 13.0 Å². The molecule has 1 atom stereocenters. The highest BCUT2D eigenvalue weighted by Crippen LogP contribution is 2.06. The van der Waals surface area contributed by atoms with Crippen LogP contribution in [0.1, 0.15) is 18.7 Å². The number of likely N-dealkylation sites (N-methyl/N-ethyl adjacent to an activating group) is 1. The van der Waals surface area contributed by atoms with Crippen LogP contribution in [0.5, 0.6) is 0 Å². The third kappa shape index (κ3) is 4.74. The van der Waals surface area contributed by atoms with E-state index in [1.807, 2.05) is 6.07 Å². The van der Waals surface area contributed by atoms with Crippen molar-refractivity contribution in [3.63, 3.8) is 0 Å². The summed E-state index contributed by atoms with van der Waals surface area (Å²) in [7, 11) is 3.83. The zero-order valence-corrected chi connectivity index (χ0v) is 10.4. The smallest absolute Gasteiger partial charge is 0.0589 e. The number of methoxy groups -OCH3 is 1. The van der Waals surface area contributed by atoms with Crippen molar-refractivity contribution in [1.29, 1.82) is 0 Å². The molecule has 0 bridgehead atoms. The van der Waals surface area contributed by atoms with Gasteiger partial charge in [0, 0.05) is 39.0 Å². The van der Waals surface area contributed by atoms with Gasteiger partial charge in [-0.2, -0.15) is 5.10 Å². The minimum Gasteiger partial charge on any atom is -0.383 e. The van der Waals surface area contributed by atoms with Crippen LogP contribution < -0.4 is 5.32 Å². The Hall–Kier alpha value is -0.910. The summed E-state index contributed by atoms with van der Waals surface area (Å²) in [6.45, 7) is 5.86. The molecule has 0 aliphatic rings. The molecule has 1 rings (SSSR count). The van der Waals surface area contributed by atoms with Crippen molar-refractivity contribution >= 4 is 0 Å². The molecule has 16 heavy (non-hydrogen) atoms. The second kappa shape index (κ2) is 7.38. The zero-order valence-electron chi connectivity index (χ0n) is 10.4.